The van der Waals surface area contributed by atoms with Gasteiger partial charge in [-0.15, -0.1) is 0 Å². The van der Waals surface area contributed by atoms with Crippen LogP contribution >= 0.6 is 11.3 Å². The molecular formula is C16H17NO3S. The van der Waals surface area contributed by atoms with E-state index in [-0.39, 0.29) is 11.9 Å². The number of ether oxygens (including phenoxy) is 2. The van der Waals surface area contributed by atoms with E-state index in [1.165, 1.54) is 24.3 Å². The lowest BCUT2D eigenvalue weighted by atomic mass is 10.3. The maximum atomic E-state index is 10.9. The number of rotatable bonds is 6. The summed E-state index contributed by atoms with van der Waals surface area (Å²) in [5, 5.41) is 0.538. The minimum absolute atomic E-state index is 0.00612. The monoisotopic (exact) mass is 303 g/mol. The molecule has 0 aliphatic rings. The summed E-state index contributed by atoms with van der Waals surface area (Å²) in [6.07, 6.45) is 5.06. The van der Waals surface area contributed by atoms with Crippen LogP contribution in [0.3, 0.4) is 0 Å². The van der Waals surface area contributed by atoms with Crippen LogP contribution in [0.5, 0.6) is 16.7 Å². The van der Waals surface area contributed by atoms with Gasteiger partial charge in [0.2, 0.25) is 0 Å². The fourth-order valence-electron chi connectivity index (χ4n) is 1.55. The summed E-state index contributed by atoms with van der Waals surface area (Å²) < 4.78 is 11.2. The number of carbonyl (C=O) groups is 1. The molecule has 2 aromatic rings. The predicted octanol–water partition coefficient (Wildman–Crippen LogP) is 4.32. The van der Waals surface area contributed by atoms with Crippen molar-refractivity contribution in [3.8, 4) is 16.7 Å². The summed E-state index contributed by atoms with van der Waals surface area (Å²) in [6.45, 7) is 5.47. The Bertz CT molecular complexity index is 629. The van der Waals surface area contributed by atoms with Gasteiger partial charge in [0.15, 0.2) is 5.78 Å². The summed E-state index contributed by atoms with van der Waals surface area (Å²) >= 11 is 1.38. The molecule has 21 heavy (non-hydrogen) atoms. The van der Waals surface area contributed by atoms with Crippen molar-refractivity contribution in [2.45, 2.75) is 26.9 Å². The Kier molecular flexibility index (Phi) is 5.11. The highest BCUT2D eigenvalue weighted by Crippen LogP contribution is 2.28. The van der Waals surface area contributed by atoms with Crippen LogP contribution in [0.1, 0.15) is 25.6 Å². The second-order valence-corrected chi connectivity index (χ2v) is 5.74. The number of ketones is 1. The molecule has 0 saturated heterocycles. The first-order chi connectivity index (χ1) is 10.0. The molecule has 0 atom stereocenters. The molecule has 1 aromatic carbocycles. The van der Waals surface area contributed by atoms with Gasteiger partial charge < -0.3 is 9.47 Å². The first kappa shape index (κ1) is 15.3. The highest BCUT2D eigenvalue weighted by molar-refractivity contribution is 7.14. The van der Waals surface area contributed by atoms with Gasteiger partial charge in [0, 0.05) is 6.20 Å². The Labute approximate surface area is 128 Å². The van der Waals surface area contributed by atoms with E-state index in [0.717, 1.165) is 10.6 Å². The largest absolute Gasteiger partial charge is 0.491 e. The number of hydrogen-bond acceptors (Lipinski definition) is 5. The van der Waals surface area contributed by atoms with Crippen molar-refractivity contribution < 1.29 is 14.3 Å². The van der Waals surface area contributed by atoms with Crippen molar-refractivity contribution in [3.63, 3.8) is 0 Å². The minimum atomic E-state index is 0.00612. The van der Waals surface area contributed by atoms with Crippen molar-refractivity contribution in [3.05, 3.63) is 41.4 Å². The average Bonchev–Trinajstić information content (AvgIpc) is 2.86. The maximum absolute atomic E-state index is 10.9. The van der Waals surface area contributed by atoms with E-state index < -0.39 is 0 Å². The normalized spacial score (nSPS) is 11.0. The molecule has 0 bridgehead atoms. The van der Waals surface area contributed by atoms with E-state index in [0.29, 0.717) is 10.9 Å². The van der Waals surface area contributed by atoms with E-state index in [2.05, 4.69) is 4.98 Å². The Morgan fingerprint density at radius 3 is 2.52 bits per heavy atom. The average molecular weight is 303 g/mol. The number of aromatic nitrogens is 1. The van der Waals surface area contributed by atoms with Crippen LogP contribution in [0.4, 0.5) is 0 Å². The van der Waals surface area contributed by atoms with E-state index in [9.17, 15) is 4.79 Å². The third-order valence-corrected chi connectivity index (χ3v) is 3.23. The molecule has 110 valence electrons. The molecule has 0 fully saturated rings. The smallest absolute Gasteiger partial charge is 0.279 e. The van der Waals surface area contributed by atoms with Gasteiger partial charge in [-0.2, -0.15) is 0 Å². The zero-order chi connectivity index (χ0) is 15.2. The zero-order valence-corrected chi connectivity index (χ0v) is 13.0. The maximum Gasteiger partial charge on any atom is 0.279 e. The summed E-state index contributed by atoms with van der Waals surface area (Å²) in [4.78, 5) is 15.9. The number of hydrogen-bond donors (Lipinski definition) is 0. The van der Waals surface area contributed by atoms with E-state index >= 15 is 0 Å². The molecule has 0 radical (unpaired) electrons. The fourth-order valence-corrected chi connectivity index (χ4v) is 2.24. The van der Waals surface area contributed by atoms with E-state index in [1.807, 2.05) is 38.1 Å². The first-order valence-electron chi connectivity index (χ1n) is 6.62. The number of thiazole rings is 1. The first-order valence-corrected chi connectivity index (χ1v) is 7.43. The Balaban J connectivity index is 2.00. The molecule has 4 nitrogen and oxygen atoms in total. The van der Waals surface area contributed by atoms with Crippen molar-refractivity contribution in [1.82, 2.24) is 4.98 Å². The number of carbonyl (C=O) groups excluding carboxylic acids is 1. The van der Waals surface area contributed by atoms with Gasteiger partial charge in [-0.1, -0.05) is 11.3 Å². The van der Waals surface area contributed by atoms with Crippen molar-refractivity contribution in [1.29, 1.82) is 0 Å². The predicted molar refractivity (Wildman–Crippen MR) is 84.1 cm³/mol. The van der Waals surface area contributed by atoms with Crippen molar-refractivity contribution >= 4 is 23.2 Å². The van der Waals surface area contributed by atoms with Gasteiger partial charge in [0.25, 0.3) is 5.19 Å². The van der Waals surface area contributed by atoms with Crippen LogP contribution < -0.4 is 9.47 Å². The third kappa shape index (κ3) is 5.04. The van der Waals surface area contributed by atoms with Crippen LogP contribution in [0.2, 0.25) is 0 Å². The van der Waals surface area contributed by atoms with Gasteiger partial charge in [-0.25, -0.2) is 4.98 Å². The van der Waals surface area contributed by atoms with Crippen LogP contribution in [-0.2, 0) is 4.79 Å². The Morgan fingerprint density at radius 2 is 1.90 bits per heavy atom. The quantitative estimate of drug-likeness (QED) is 0.745. The molecule has 0 N–H and O–H groups in total. The van der Waals surface area contributed by atoms with E-state index in [1.54, 1.807) is 12.3 Å². The molecule has 1 heterocycles. The van der Waals surface area contributed by atoms with Gasteiger partial charge >= 0.3 is 0 Å². The van der Waals surface area contributed by atoms with Crippen LogP contribution in [0, 0.1) is 0 Å². The molecule has 0 unspecified atom stereocenters. The van der Waals surface area contributed by atoms with Gasteiger partial charge in [0.05, 0.1) is 11.0 Å². The van der Waals surface area contributed by atoms with Gasteiger partial charge in [-0.3, -0.25) is 4.79 Å². The van der Waals surface area contributed by atoms with Gasteiger partial charge in [-0.05, 0) is 57.2 Å². The standard InChI is InChI=1S/C16H17NO3S/c1-11(2)19-13-5-7-14(8-6-13)20-16-17-10-15(21-16)9-4-12(3)18/h4-11H,1-3H3/b9-4+. The second-order valence-electron chi connectivity index (χ2n) is 4.71. The fraction of sp³-hybridized carbons (Fsp3) is 0.250. The number of nitrogens with zero attached hydrogens (tertiary/aromatic N) is 1. The lowest BCUT2D eigenvalue weighted by Gasteiger charge is -2.09. The molecule has 0 amide bonds. The van der Waals surface area contributed by atoms with Crippen molar-refractivity contribution in [2.24, 2.45) is 0 Å². The Hall–Kier alpha value is -2.14. The molecule has 2 rings (SSSR count). The third-order valence-electron chi connectivity index (χ3n) is 2.39. The summed E-state index contributed by atoms with van der Waals surface area (Å²) in [7, 11) is 0. The molecule has 0 spiro atoms. The topological polar surface area (TPSA) is 48.4 Å². The molecule has 0 aliphatic heterocycles. The molecular weight excluding hydrogens is 286 g/mol. The molecule has 1 aromatic heterocycles. The number of allylic oxidation sites excluding steroid dienone is 1. The zero-order valence-electron chi connectivity index (χ0n) is 12.2. The molecule has 0 saturated carbocycles. The SMILES string of the molecule is CC(=O)/C=C/c1cnc(Oc2ccc(OC(C)C)cc2)s1. The van der Waals surface area contributed by atoms with Crippen LogP contribution in [0.15, 0.2) is 36.5 Å². The highest BCUT2D eigenvalue weighted by Gasteiger charge is 2.04. The van der Waals surface area contributed by atoms with E-state index in [4.69, 9.17) is 9.47 Å². The lowest BCUT2D eigenvalue weighted by Crippen LogP contribution is -2.05. The minimum Gasteiger partial charge on any atom is -0.491 e. The van der Waals surface area contributed by atoms with Crippen LogP contribution in [-0.4, -0.2) is 16.9 Å². The summed E-state index contributed by atoms with van der Waals surface area (Å²) in [6, 6.07) is 7.40. The number of benzene rings is 1. The molecule has 5 heteroatoms. The summed E-state index contributed by atoms with van der Waals surface area (Å²) in [5.74, 6) is 1.51. The highest BCUT2D eigenvalue weighted by atomic mass is 32.1. The summed E-state index contributed by atoms with van der Waals surface area (Å²) in [5.41, 5.74) is 0. The molecule has 0 aliphatic carbocycles. The van der Waals surface area contributed by atoms with Gasteiger partial charge in [0.1, 0.15) is 11.5 Å². The second kappa shape index (κ2) is 7.04. The Morgan fingerprint density at radius 1 is 1.24 bits per heavy atom. The van der Waals surface area contributed by atoms with Crippen LogP contribution in [0.25, 0.3) is 6.08 Å². The van der Waals surface area contributed by atoms with Crippen molar-refractivity contribution in [2.75, 3.05) is 0 Å². The lowest BCUT2D eigenvalue weighted by molar-refractivity contribution is -0.112.